The lowest BCUT2D eigenvalue weighted by Crippen LogP contribution is -2.00. The van der Waals surface area contributed by atoms with Crippen molar-refractivity contribution in [1.29, 1.82) is 0 Å². The van der Waals surface area contributed by atoms with Crippen molar-refractivity contribution in [3.05, 3.63) is 23.3 Å². The Balaban J connectivity index is 3.08. The summed E-state index contributed by atoms with van der Waals surface area (Å²) in [6.07, 6.45) is 0. The van der Waals surface area contributed by atoms with E-state index in [9.17, 15) is 4.21 Å². The highest BCUT2D eigenvalue weighted by Gasteiger charge is 2.05. The van der Waals surface area contributed by atoms with Crippen LogP contribution in [0.2, 0.25) is 0 Å². The molecule has 5 heteroatoms. The van der Waals surface area contributed by atoms with Crippen molar-refractivity contribution in [3.63, 3.8) is 0 Å². The first-order valence-electron chi connectivity index (χ1n) is 3.66. The van der Waals surface area contributed by atoms with E-state index < -0.39 is 11.4 Å². The summed E-state index contributed by atoms with van der Waals surface area (Å²) in [4.78, 5) is 0. The van der Waals surface area contributed by atoms with Crippen LogP contribution in [0.5, 0.6) is 5.75 Å². The molecule has 72 valence electrons. The molecule has 0 aliphatic heterocycles. The summed E-state index contributed by atoms with van der Waals surface area (Å²) < 4.78 is 23.5. The average Bonchev–Trinajstić information content (AvgIpc) is 1.99. The van der Waals surface area contributed by atoms with Gasteiger partial charge < -0.3 is 9.92 Å². The molecule has 1 rings (SSSR count). The molecule has 0 heterocycles. The van der Waals surface area contributed by atoms with Crippen LogP contribution in [0.4, 0.5) is 5.69 Å². The molecule has 1 aromatic rings. The zero-order valence-corrected chi connectivity index (χ0v) is 8.22. The van der Waals surface area contributed by atoms with Gasteiger partial charge in [0.25, 0.3) is 0 Å². The second-order valence-electron chi connectivity index (χ2n) is 2.77. The number of rotatable bonds is 2. The Morgan fingerprint density at radius 2 is 2.00 bits per heavy atom. The number of aryl methyl sites for hydroxylation is 2. The molecule has 0 aliphatic carbocycles. The molecule has 4 nitrogen and oxygen atoms in total. The van der Waals surface area contributed by atoms with Crippen LogP contribution in [0, 0.1) is 13.8 Å². The van der Waals surface area contributed by atoms with Gasteiger partial charge in [0.05, 0.1) is 0 Å². The largest absolute Gasteiger partial charge is 0.399 e. The van der Waals surface area contributed by atoms with Crippen LogP contribution in [0.1, 0.15) is 11.1 Å². The third kappa shape index (κ3) is 2.43. The van der Waals surface area contributed by atoms with Gasteiger partial charge in [0.15, 0.2) is 0 Å². The van der Waals surface area contributed by atoms with Gasteiger partial charge in [-0.1, -0.05) is 0 Å². The molecule has 13 heavy (non-hydrogen) atoms. The number of nitrogen functional groups attached to an aromatic ring is 1. The number of anilines is 1. The molecule has 0 spiro atoms. The minimum Gasteiger partial charge on any atom is -0.399 e. The van der Waals surface area contributed by atoms with E-state index in [2.05, 4.69) is 4.18 Å². The van der Waals surface area contributed by atoms with E-state index in [-0.39, 0.29) is 0 Å². The van der Waals surface area contributed by atoms with Gasteiger partial charge in [0.1, 0.15) is 5.75 Å². The first kappa shape index (κ1) is 10.0. The van der Waals surface area contributed by atoms with Crippen LogP contribution in [0.25, 0.3) is 0 Å². The molecule has 0 saturated carbocycles. The molecule has 0 saturated heterocycles. The monoisotopic (exact) mass is 201 g/mol. The van der Waals surface area contributed by atoms with Crippen LogP contribution in [-0.2, 0) is 11.4 Å². The summed E-state index contributed by atoms with van der Waals surface area (Å²) in [6, 6.07) is 3.34. The molecule has 0 fully saturated rings. The molecule has 0 amide bonds. The van der Waals surface area contributed by atoms with E-state index in [1.54, 1.807) is 19.1 Å². The molecule has 0 bridgehead atoms. The standard InChI is InChI=1S/C8H11NO3S/c1-5-4-8(12-13(10)11)6(2)3-7(5)9/h3-4H,9H2,1-2H3,(H,10,11). The summed E-state index contributed by atoms with van der Waals surface area (Å²) in [5.74, 6) is 0.382. The molecular formula is C8H11NO3S. The van der Waals surface area contributed by atoms with Crippen molar-refractivity contribution < 1.29 is 12.9 Å². The van der Waals surface area contributed by atoms with Crippen molar-refractivity contribution in [2.24, 2.45) is 0 Å². The molecule has 1 aromatic carbocycles. The fourth-order valence-electron chi connectivity index (χ4n) is 0.979. The predicted octanol–water partition coefficient (Wildman–Crippen LogP) is 1.40. The van der Waals surface area contributed by atoms with E-state index in [1.807, 2.05) is 6.92 Å². The van der Waals surface area contributed by atoms with E-state index in [1.165, 1.54) is 0 Å². The zero-order valence-electron chi connectivity index (χ0n) is 7.40. The van der Waals surface area contributed by atoms with Gasteiger partial charge in [-0.05, 0) is 37.1 Å². The lowest BCUT2D eigenvalue weighted by atomic mass is 10.1. The lowest BCUT2D eigenvalue weighted by Gasteiger charge is -2.07. The van der Waals surface area contributed by atoms with Crippen molar-refractivity contribution in [1.82, 2.24) is 0 Å². The topological polar surface area (TPSA) is 72.5 Å². The number of hydrogen-bond donors (Lipinski definition) is 2. The number of nitrogens with two attached hydrogens (primary N) is 1. The number of hydrogen-bond acceptors (Lipinski definition) is 3. The maximum Gasteiger partial charge on any atom is 0.357 e. The van der Waals surface area contributed by atoms with Gasteiger partial charge in [0, 0.05) is 5.69 Å². The van der Waals surface area contributed by atoms with Crippen LogP contribution in [0.15, 0.2) is 12.1 Å². The third-order valence-electron chi connectivity index (χ3n) is 1.72. The van der Waals surface area contributed by atoms with Gasteiger partial charge in [-0.2, -0.15) is 4.21 Å². The maximum absolute atomic E-state index is 10.4. The Morgan fingerprint density at radius 3 is 2.54 bits per heavy atom. The highest BCUT2D eigenvalue weighted by Crippen LogP contribution is 2.24. The van der Waals surface area contributed by atoms with Crippen molar-refractivity contribution in [3.8, 4) is 5.75 Å². The Labute approximate surface area is 79.2 Å². The Hall–Kier alpha value is -1.07. The van der Waals surface area contributed by atoms with E-state index in [0.29, 0.717) is 11.4 Å². The SMILES string of the molecule is Cc1cc(OS(=O)O)c(C)cc1N. The van der Waals surface area contributed by atoms with E-state index >= 15 is 0 Å². The molecule has 0 aliphatic rings. The van der Waals surface area contributed by atoms with Gasteiger partial charge in [0.2, 0.25) is 0 Å². The molecule has 1 atom stereocenters. The number of benzene rings is 1. The quantitative estimate of drug-likeness (QED) is 0.560. The highest BCUT2D eigenvalue weighted by molar-refractivity contribution is 7.74. The molecule has 0 aromatic heterocycles. The fourth-order valence-corrected chi connectivity index (χ4v) is 1.31. The first-order valence-corrected chi connectivity index (χ1v) is 4.70. The normalized spacial score (nSPS) is 12.5. The molecule has 1 unspecified atom stereocenters. The third-order valence-corrected chi connectivity index (χ3v) is 2.05. The second-order valence-corrected chi connectivity index (χ2v) is 3.38. The molecular weight excluding hydrogens is 190 g/mol. The summed E-state index contributed by atoms with van der Waals surface area (Å²) in [5.41, 5.74) is 7.84. The van der Waals surface area contributed by atoms with Gasteiger partial charge in [-0.3, -0.25) is 4.55 Å². The van der Waals surface area contributed by atoms with E-state index in [0.717, 1.165) is 11.1 Å². The summed E-state index contributed by atoms with van der Waals surface area (Å²) >= 11 is -2.28. The highest BCUT2D eigenvalue weighted by atomic mass is 32.2. The minimum atomic E-state index is -2.28. The first-order chi connectivity index (χ1) is 6.00. The fraction of sp³-hybridized carbons (Fsp3) is 0.250. The smallest absolute Gasteiger partial charge is 0.357 e. The van der Waals surface area contributed by atoms with Gasteiger partial charge >= 0.3 is 11.4 Å². The zero-order chi connectivity index (χ0) is 10.0. The lowest BCUT2D eigenvalue weighted by molar-refractivity contribution is 0.456. The van der Waals surface area contributed by atoms with Crippen LogP contribution in [0.3, 0.4) is 0 Å². The summed E-state index contributed by atoms with van der Waals surface area (Å²) in [5, 5.41) is 0. The van der Waals surface area contributed by atoms with Crippen molar-refractivity contribution in [2.75, 3.05) is 5.73 Å². The second kappa shape index (κ2) is 3.76. The average molecular weight is 201 g/mol. The van der Waals surface area contributed by atoms with Crippen LogP contribution in [-0.4, -0.2) is 8.76 Å². The van der Waals surface area contributed by atoms with E-state index in [4.69, 9.17) is 10.3 Å². The Bertz CT molecular complexity index is 351. The Morgan fingerprint density at radius 1 is 1.38 bits per heavy atom. The predicted molar refractivity (Wildman–Crippen MR) is 51.7 cm³/mol. The van der Waals surface area contributed by atoms with Gasteiger partial charge in [-0.15, -0.1) is 0 Å². The van der Waals surface area contributed by atoms with Crippen molar-refractivity contribution in [2.45, 2.75) is 13.8 Å². The summed E-state index contributed by atoms with van der Waals surface area (Å²) in [6.45, 7) is 3.57. The molecule has 3 N–H and O–H groups in total. The van der Waals surface area contributed by atoms with Gasteiger partial charge in [-0.25, -0.2) is 0 Å². The summed E-state index contributed by atoms with van der Waals surface area (Å²) in [7, 11) is 0. The Kier molecular flexibility index (Phi) is 2.90. The van der Waals surface area contributed by atoms with Crippen LogP contribution < -0.4 is 9.92 Å². The minimum absolute atomic E-state index is 0.382. The van der Waals surface area contributed by atoms with Crippen LogP contribution >= 0.6 is 0 Å². The van der Waals surface area contributed by atoms with Crippen molar-refractivity contribution >= 4 is 17.0 Å². The maximum atomic E-state index is 10.4. The molecule has 0 radical (unpaired) electrons.